The minimum absolute atomic E-state index is 0.00630. The highest BCUT2D eigenvalue weighted by atomic mass is 16.1. The number of H-pyrrole nitrogens is 3. The summed E-state index contributed by atoms with van der Waals surface area (Å²) in [5.41, 5.74) is 2.88. The van der Waals surface area contributed by atoms with Gasteiger partial charge in [0.05, 0.1) is 17.1 Å². The molecule has 1 aliphatic rings. The molecule has 0 spiro atoms. The second-order valence-corrected chi connectivity index (χ2v) is 4.70. The molecule has 0 bridgehead atoms. The fraction of sp³-hybridized carbons (Fsp3) is 0.333. The molecule has 0 aromatic carbocycles. The Hall–Kier alpha value is -2.04. The molecule has 0 unspecified atom stereocenters. The summed E-state index contributed by atoms with van der Waals surface area (Å²) in [5.74, 6) is 0. The Bertz CT molecular complexity index is 760. The summed E-state index contributed by atoms with van der Waals surface area (Å²) >= 11 is 0. The van der Waals surface area contributed by atoms with Crippen LogP contribution >= 0.6 is 0 Å². The van der Waals surface area contributed by atoms with Crippen molar-refractivity contribution in [3.63, 3.8) is 0 Å². The Morgan fingerprint density at radius 1 is 1.41 bits per heavy atom. The standard InChI is InChI=1S/C12H12N4O/c17-12-15-9-6-14-11-8(4-5-13-11)10(9)16(12)7-2-1-3-7/h4-7H,1-3H2,(H,13,14)(H,15,17)/p+1. The number of hydrogen-bond acceptors (Lipinski definition) is 1. The zero-order valence-electron chi connectivity index (χ0n) is 9.29. The van der Waals surface area contributed by atoms with E-state index in [1.54, 1.807) is 0 Å². The van der Waals surface area contributed by atoms with Gasteiger partial charge in [0, 0.05) is 6.04 Å². The van der Waals surface area contributed by atoms with E-state index in [0.717, 1.165) is 34.9 Å². The van der Waals surface area contributed by atoms with Gasteiger partial charge in [-0.25, -0.2) is 14.8 Å². The molecule has 1 fully saturated rings. The van der Waals surface area contributed by atoms with Gasteiger partial charge in [0.1, 0.15) is 11.7 Å². The van der Waals surface area contributed by atoms with E-state index in [0.29, 0.717) is 6.04 Å². The molecule has 3 heterocycles. The van der Waals surface area contributed by atoms with Crippen LogP contribution in [0.5, 0.6) is 0 Å². The highest BCUT2D eigenvalue weighted by molar-refractivity contribution is 5.99. The van der Waals surface area contributed by atoms with Crippen LogP contribution in [-0.4, -0.2) is 14.5 Å². The molecular weight excluding hydrogens is 216 g/mol. The van der Waals surface area contributed by atoms with E-state index >= 15 is 0 Å². The van der Waals surface area contributed by atoms with Crippen LogP contribution in [0, 0.1) is 0 Å². The molecule has 5 nitrogen and oxygen atoms in total. The number of rotatable bonds is 1. The predicted octanol–water partition coefficient (Wildman–Crippen LogP) is 1.35. The molecule has 5 heteroatoms. The third-order valence-corrected chi connectivity index (χ3v) is 3.76. The highest BCUT2D eigenvalue weighted by Crippen LogP contribution is 2.33. The monoisotopic (exact) mass is 229 g/mol. The van der Waals surface area contributed by atoms with Crippen LogP contribution in [0.15, 0.2) is 23.3 Å². The van der Waals surface area contributed by atoms with Gasteiger partial charge in [0.25, 0.3) is 5.65 Å². The van der Waals surface area contributed by atoms with Crippen molar-refractivity contribution in [1.29, 1.82) is 0 Å². The van der Waals surface area contributed by atoms with E-state index in [1.807, 2.05) is 23.0 Å². The maximum Gasteiger partial charge on any atom is 0.326 e. The van der Waals surface area contributed by atoms with Crippen molar-refractivity contribution in [1.82, 2.24) is 14.5 Å². The fourth-order valence-electron chi connectivity index (χ4n) is 2.67. The Morgan fingerprint density at radius 3 is 3.06 bits per heavy atom. The number of pyridine rings is 1. The van der Waals surface area contributed by atoms with Gasteiger partial charge in [-0.2, -0.15) is 0 Å². The minimum Gasteiger partial charge on any atom is -0.302 e. The van der Waals surface area contributed by atoms with Gasteiger partial charge >= 0.3 is 5.69 Å². The van der Waals surface area contributed by atoms with E-state index in [-0.39, 0.29) is 5.69 Å². The largest absolute Gasteiger partial charge is 0.326 e. The van der Waals surface area contributed by atoms with Gasteiger partial charge in [-0.15, -0.1) is 0 Å². The summed E-state index contributed by atoms with van der Waals surface area (Å²) in [4.78, 5) is 21.2. The lowest BCUT2D eigenvalue weighted by atomic mass is 9.93. The number of nitrogens with zero attached hydrogens (tertiary/aromatic N) is 1. The molecule has 0 radical (unpaired) electrons. The summed E-state index contributed by atoms with van der Waals surface area (Å²) < 4.78 is 1.92. The first-order valence-electron chi connectivity index (χ1n) is 5.96. The fourth-order valence-corrected chi connectivity index (χ4v) is 2.67. The molecule has 3 aromatic heterocycles. The Kier molecular flexibility index (Phi) is 1.59. The number of aromatic amines is 3. The Morgan fingerprint density at radius 2 is 2.29 bits per heavy atom. The van der Waals surface area contributed by atoms with Gasteiger partial charge in [0.2, 0.25) is 0 Å². The second kappa shape index (κ2) is 3.00. The maximum atomic E-state index is 12.0. The predicted molar refractivity (Wildman–Crippen MR) is 63.9 cm³/mol. The van der Waals surface area contributed by atoms with Crippen molar-refractivity contribution < 1.29 is 4.98 Å². The van der Waals surface area contributed by atoms with E-state index in [1.165, 1.54) is 6.42 Å². The number of fused-ring (bicyclic) bond motifs is 3. The third-order valence-electron chi connectivity index (χ3n) is 3.76. The topological polar surface area (TPSA) is 67.7 Å². The maximum absolute atomic E-state index is 12.0. The van der Waals surface area contributed by atoms with E-state index in [9.17, 15) is 4.79 Å². The number of nitrogens with one attached hydrogen (secondary N) is 3. The minimum atomic E-state index is 0.00630. The van der Waals surface area contributed by atoms with Gasteiger partial charge in [-0.3, -0.25) is 4.57 Å². The molecule has 86 valence electrons. The molecule has 0 atom stereocenters. The van der Waals surface area contributed by atoms with Crippen molar-refractivity contribution in [3.05, 3.63) is 28.9 Å². The Balaban J connectivity index is 2.18. The molecular formula is C12H13N4O+. The SMILES string of the molecule is O=c1[nH]c2c[nH+]c3[nH]ccc3c2n1C1CCC1. The molecule has 17 heavy (non-hydrogen) atoms. The van der Waals surface area contributed by atoms with Crippen LogP contribution < -0.4 is 10.7 Å². The van der Waals surface area contributed by atoms with Crippen LogP contribution in [0.4, 0.5) is 0 Å². The third kappa shape index (κ3) is 1.08. The van der Waals surface area contributed by atoms with E-state index in [2.05, 4.69) is 15.0 Å². The van der Waals surface area contributed by atoms with Crippen molar-refractivity contribution >= 4 is 22.1 Å². The number of imidazole rings is 1. The zero-order valence-corrected chi connectivity index (χ0v) is 9.29. The van der Waals surface area contributed by atoms with Gasteiger partial charge in [0.15, 0.2) is 0 Å². The highest BCUT2D eigenvalue weighted by Gasteiger charge is 2.25. The molecule has 3 N–H and O–H groups in total. The lowest BCUT2D eigenvalue weighted by Gasteiger charge is -2.26. The Labute approximate surface area is 96.5 Å². The van der Waals surface area contributed by atoms with Crippen molar-refractivity contribution in [3.8, 4) is 0 Å². The van der Waals surface area contributed by atoms with Crippen LogP contribution in [0.3, 0.4) is 0 Å². The first-order valence-corrected chi connectivity index (χ1v) is 5.96. The molecule has 1 saturated carbocycles. The molecule has 0 saturated heterocycles. The lowest BCUT2D eigenvalue weighted by molar-refractivity contribution is -0.345. The smallest absolute Gasteiger partial charge is 0.302 e. The second-order valence-electron chi connectivity index (χ2n) is 4.70. The molecule has 3 aromatic rings. The van der Waals surface area contributed by atoms with Crippen molar-refractivity contribution in [2.45, 2.75) is 25.3 Å². The van der Waals surface area contributed by atoms with Gasteiger partial charge in [-0.05, 0) is 25.3 Å². The van der Waals surface area contributed by atoms with Crippen LogP contribution in [0.1, 0.15) is 25.3 Å². The van der Waals surface area contributed by atoms with Gasteiger partial charge < -0.3 is 4.98 Å². The quantitative estimate of drug-likeness (QED) is 0.649. The molecule has 0 aliphatic heterocycles. The van der Waals surface area contributed by atoms with E-state index in [4.69, 9.17) is 0 Å². The first-order chi connectivity index (χ1) is 8.34. The number of aromatic nitrogens is 4. The summed E-state index contributed by atoms with van der Waals surface area (Å²) in [6.07, 6.45) is 7.18. The average Bonchev–Trinajstić information content (AvgIpc) is 2.80. The van der Waals surface area contributed by atoms with Crippen LogP contribution in [-0.2, 0) is 0 Å². The molecule has 0 amide bonds. The van der Waals surface area contributed by atoms with E-state index < -0.39 is 0 Å². The number of hydrogen-bond donors (Lipinski definition) is 2. The summed E-state index contributed by atoms with van der Waals surface area (Å²) in [5, 5.41) is 1.08. The summed E-state index contributed by atoms with van der Waals surface area (Å²) in [7, 11) is 0. The van der Waals surface area contributed by atoms with Crippen molar-refractivity contribution in [2.75, 3.05) is 0 Å². The normalized spacial score (nSPS) is 16.7. The zero-order chi connectivity index (χ0) is 11.4. The summed E-state index contributed by atoms with van der Waals surface area (Å²) in [6.45, 7) is 0. The van der Waals surface area contributed by atoms with Gasteiger partial charge in [-0.1, -0.05) is 0 Å². The lowest BCUT2D eigenvalue weighted by Crippen LogP contribution is -2.26. The van der Waals surface area contributed by atoms with Crippen molar-refractivity contribution in [2.24, 2.45) is 0 Å². The average molecular weight is 229 g/mol. The van der Waals surface area contributed by atoms with Crippen LogP contribution in [0.25, 0.3) is 22.1 Å². The molecule has 1 aliphatic carbocycles. The summed E-state index contributed by atoms with van der Waals surface area (Å²) in [6, 6.07) is 2.38. The first kappa shape index (κ1) is 9.04. The van der Waals surface area contributed by atoms with Crippen LogP contribution in [0.2, 0.25) is 0 Å². The molecule has 4 rings (SSSR count).